The summed E-state index contributed by atoms with van der Waals surface area (Å²) < 4.78 is 13.4. The Hall–Kier alpha value is -2.53. The minimum absolute atomic E-state index is 0.0121. The van der Waals surface area contributed by atoms with Gasteiger partial charge in [-0.05, 0) is 47.9 Å². The highest BCUT2D eigenvalue weighted by molar-refractivity contribution is 6.25. The number of hydrogen-bond acceptors (Lipinski definition) is 4. The van der Waals surface area contributed by atoms with E-state index >= 15 is 0 Å². The molecular formula is C20H20FN3O. The fourth-order valence-corrected chi connectivity index (χ4v) is 3.46. The van der Waals surface area contributed by atoms with Gasteiger partial charge < -0.3 is 10.2 Å². The SMILES string of the molecule is O=C1CCc2cc(N3CCNCC3)ccc2C=C1c1cccc(F)n1. The van der Waals surface area contributed by atoms with Gasteiger partial charge in [0.1, 0.15) is 0 Å². The topological polar surface area (TPSA) is 45.2 Å². The van der Waals surface area contributed by atoms with E-state index in [0.717, 1.165) is 37.3 Å². The number of benzene rings is 1. The van der Waals surface area contributed by atoms with Gasteiger partial charge in [-0.15, -0.1) is 0 Å². The van der Waals surface area contributed by atoms with Crippen LogP contribution in [0.2, 0.25) is 0 Å². The standard InChI is InChI=1S/C20H20FN3O/c21-20-3-1-2-18(23-20)17-13-15-4-6-16(24-10-8-22-9-11-24)12-14(15)5-7-19(17)25/h1-4,6,12-13,22H,5,7-11H2. The van der Waals surface area contributed by atoms with E-state index in [2.05, 4.69) is 33.4 Å². The van der Waals surface area contributed by atoms with Gasteiger partial charge in [0.05, 0.1) is 5.69 Å². The average molecular weight is 337 g/mol. The number of Topliss-reactive ketones (excluding diaryl/α,β-unsaturated/α-hetero) is 1. The number of ketones is 1. The molecule has 0 spiro atoms. The molecule has 1 fully saturated rings. The fourth-order valence-electron chi connectivity index (χ4n) is 3.46. The number of piperazine rings is 1. The zero-order chi connectivity index (χ0) is 17.2. The number of hydrogen-bond donors (Lipinski definition) is 1. The van der Waals surface area contributed by atoms with Crippen molar-refractivity contribution >= 4 is 23.1 Å². The van der Waals surface area contributed by atoms with Crippen LogP contribution in [0.1, 0.15) is 23.2 Å². The molecule has 5 heteroatoms. The smallest absolute Gasteiger partial charge is 0.213 e. The predicted molar refractivity (Wildman–Crippen MR) is 96.9 cm³/mol. The third-order valence-corrected chi connectivity index (χ3v) is 4.82. The Morgan fingerprint density at radius 2 is 1.92 bits per heavy atom. The normalized spacial score (nSPS) is 17.7. The van der Waals surface area contributed by atoms with Crippen LogP contribution in [0.25, 0.3) is 11.6 Å². The number of pyridine rings is 1. The van der Waals surface area contributed by atoms with Gasteiger partial charge in [0, 0.05) is 43.9 Å². The molecule has 1 aliphatic carbocycles. The van der Waals surface area contributed by atoms with Crippen LogP contribution in [-0.4, -0.2) is 36.9 Å². The van der Waals surface area contributed by atoms with Crippen LogP contribution >= 0.6 is 0 Å². The molecule has 1 N–H and O–H groups in total. The van der Waals surface area contributed by atoms with Crippen molar-refractivity contribution < 1.29 is 9.18 Å². The maximum atomic E-state index is 13.4. The molecule has 25 heavy (non-hydrogen) atoms. The summed E-state index contributed by atoms with van der Waals surface area (Å²) in [6, 6.07) is 10.9. The second-order valence-corrected chi connectivity index (χ2v) is 6.45. The largest absolute Gasteiger partial charge is 0.369 e. The number of fused-ring (bicyclic) bond motifs is 1. The first kappa shape index (κ1) is 16.0. The van der Waals surface area contributed by atoms with Crippen LogP contribution < -0.4 is 10.2 Å². The summed E-state index contributed by atoms with van der Waals surface area (Å²) in [4.78, 5) is 18.8. The van der Waals surface area contributed by atoms with Crippen molar-refractivity contribution in [2.24, 2.45) is 0 Å². The number of aryl methyl sites for hydroxylation is 1. The van der Waals surface area contributed by atoms with Gasteiger partial charge in [-0.1, -0.05) is 12.1 Å². The minimum atomic E-state index is -0.565. The molecule has 4 rings (SSSR count). The Morgan fingerprint density at radius 1 is 1.08 bits per heavy atom. The van der Waals surface area contributed by atoms with E-state index in [1.165, 1.54) is 11.8 Å². The summed E-state index contributed by atoms with van der Waals surface area (Å²) in [5.41, 5.74) is 4.28. The highest BCUT2D eigenvalue weighted by Gasteiger charge is 2.20. The number of nitrogens with one attached hydrogen (secondary N) is 1. The average Bonchev–Trinajstić information content (AvgIpc) is 2.81. The Bertz CT molecular complexity index is 841. The van der Waals surface area contributed by atoms with Gasteiger partial charge in [-0.25, -0.2) is 4.98 Å². The molecule has 0 unspecified atom stereocenters. The molecule has 1 aliphatic heterocycles. The van der Waals surface area contributed by atoms with Gasteiger partial charge in [0.25, 0.3) is 0 Å². The number of anilines is 1. The second kappa shape index (κ2) is 6.76. The molecule has 0 saturated carbocycles. The first-order valence-electron chi connectivity index (χ1n) is 8.67. The summed E-state index contributed by atoms with van der Waals surface area (Å²) in [6.45, 7) is 3.97. The lowest BCUT2D eigenvalue weighted by Crippen LogP contribution is -2.43. The van der Waals surface area contributed by atoms with Crippen LogP contribution in [0.3, 0.4) is 0 Å². The van der Waals surface area contributed by atoms with Gasteiger partial charge >= 0.3 is 0 Å². The van der Waals surface area contributed by atoms with E-state index in [1.807, 2.05) is 6.08 Å². The van der Waals surface area contributed by atoms with E-state index in [9.17, 15) is 9.18 Å². The van der Waals surface area contributed by atoms with Gasteiger partial charge in [0.15, 0.2) is 5.78 Å². The van der Waals surface area contributed by atoms with Crippen molar-refractivity contribution in [2.45, 2.75) is 12.8 Å². The lowest BCUT2D eigenvalue weighted by Gasteiger charge is -2.30. The third-order valence-electron chi connectivity index (χ3n) is 4.82. The molecule has 2 aromatic rings. The van der Waals surface area contributed by atoms with Crippen LogP contribution in [0.4, 0.5) is 10.1 Å². The third kappa shape index (κ3) is 3.33. The zero-order valence-electron chi connectivity index (χ0n) is 14.0. The summed E-state index contributed by atoms with van der Waals surface area (Å²) in [5, 5.41) is 3.36. The predicted octanol–water partition coefficient (Wildman–Crippen LogP) is 2.69. The van der Waals surface area contributed by atoms with Gasteiger partial charge in [-0.2, -0.15) is 4.39 Å². The number of nitrogens with zero attached hydrogens (tertiary/aromatic N) is 2. The van der Waals surface area contributed by atoms with E-state index < -0.39 is 5.95 Å². The van der Waals surface area contributed by atoms with Crippen molar-refractivity contribution in [3.8, 4) is 0 Å². The maximum Gasteiger partial charge on any atom is 0.213 e. The number of allylic oxidation sites excluding steroid dienone is 1. The Morgan fingerprint density at radius 3 is 2.72 bits per heavy atom. The summed E-state index contributed by atoms with van der Waals surface area (Å²) >= 11 is 0. The first-order valence-corrected chi connectivity index (χ1v) is 8.67. The molecule has 128 valence electrons. The summed E-state index contributed by atoms with van der Waals surface area (Å²) in [5.74, 6) is -0.553. The monoisotopic (exact) mass is 337 g/mol. The fraction of sp³-hybridized carbons (Fsp3) is 0.300. The van der Waals surface area contributed by atoms with Crippen molar-refractivity contribution in [3.05, 3.63) is 59.2 Å². The number of carbonyl (C=O) groups is 1. The molecule has 4 nitrogen and oxygen atoms in total. The summed E-state index contributed by atoms with van der Waals surface area (Å²) in [7, 11) is 0. The molecule has 2 heterocycles. The molecule has 1 aromatic heterocycles. The lowest BCUT2D eigenvalue weighted by molar-refractivity contribution is -0.113. The molecule has 2 aliphatic rings. The van der Waals surface area contributed by atoms with E-state index in [4.69, 9.17) is 0 Å². The Balaban J connectivity index is 1.70. The Kier molecular flexibility index (Phi) is 4.32. The van der Waals surface area contributed by atoms with E-state index in [-0.39, 0.29) is 5.78 Å². The Labute approximate surface area is 146 Å². The van der Waals surface area contributed by atoms with Crippen molar-refractivity contribution in [3.63, 3.8) is 0 Å². The van der Waals surface area contributed by atoms with E-state index in [1.54, 1.807) is 12.1 Å². The second-order valence-electron chi connectivity index (χ2n) is 6.45. The van der Waals surface area contributed by atoms with Crippen molar-refractivity contribution in [1.82, 2.24) is 10.3 Å². The quantitative estimate of drug-likeness (QED) is 0.856. The number of carbonyl (C=O) groups excluding carboxylic acids is 1. The highest BCUT2D eigenvalue weighted by Crippen LogP contribution is 2.29. The minimum Gasteiger partial charge on any atom is -0.369 e. The molecule has 0 amide bonds. The van der Waals surface area contributed by atoms with E-state index in [0.29, 0.717) is 24.1 Å². The molecular weight excluding hydrogens is 317 g/mol. The van der Waals surface area contributed by atoms with Crippen LogP contribution in [0.5, 0.6) is 0 Å². The van der Waals surface area contributed by atoms with Crippen LogP contribution in [0.15, 0.2) is 36.4 Å². The first-order chi connectivity index (χ1) is 12.2. The molecule has 1 saturated heterocycles. The maximum absolute atomic E-state index is 13.4. The number of halogens is 1. The van der Waals surface area contributed by atoms with Crippen LogP contribution in [0, 0.1) is 5.95 Å². The van der Waals surface area contributed by atoms with Gasteiger partial charge in [0.2, 0.25) is 5.95 Å². The molecule has 0 radical (unpaired) electrons. The lowest BCUT2D eigenvalue weighted by atomic mass is 10.0. The van der Waals surface area contributed by atoms with Crippen LogP contribution in [-0.2, 0) is 11.2 Å². The number of aromatic nitrogens is 1. The zero-order valence-corrected chi connectivity index (χ0v) is 14.0. The van der Waals surface area contributed by atoms with Gasteiger partial charge in [-0.3, -0.25) is 4.79 Å². The van der Waals surface area contributed by atoms with Crippen molar-refractivity contribution in [2.75, 3.05) is 31.1 Å². The van der Waals surface area contributed by atoms with Crippen molar-refractivity contribution in [1.29, 1.82) is 0 Å². The summed E-state index contributed by atoms with van der Waals surface area (Å²) in [6.07, 6.45) is 2.97. The number of rotatable bonds is 2. The molecule has 1 aromatic carbocycles. The molecule has 0 atom stereocenters. The molecule has 0 bridgehead atoms. The highest BCUT2D eigenvalue weighted by atomic mass is 19.1.